The monoisotopic (exact) mass is 314 g/mol. The lowest BCUT2D eigenvalue weighted by Gasteiger charge is -2.34. The molecular weight excluding hydrogens is 288 g/mol. The Morgan fingerprint density at radius 2 is 2.05 bits per heavy atom. The van der Waals surface area contributed by atoms with Crippen LogP contribution in [0.3, 0.4) is 0 Å². The number of furan rings is 1. The first-order valence-electron chi connectivity index (χ1n) is 7.74. The summed E-state index contributed by atoms with van der Waals surface area (Å²) in [6.07, 6.45) is 4.31. The Morgan fingerprint density at radius 1 is 1.33 bits per heavy atom. The lowest BCUT2D eigenvalue weighted by atomic mass is 9.86. The highest BCUT2D eigenvalue weighted by Gasteiger charge is 2.34. The number of hydrogen-bond donors (Lipinski definition) is 1. The molecule has 6 heteroatoms. The van der Waals surface area contributed by atoms with Crippen molar-refractivity contribution in [1.82, 2.24) is 9.62 Å². The van der Waals surface area contributed by atoms with E-state index in [1.54, 1.807) is 19.2 Å². The molecule has 2 rings (SSSR count). The van der Waals surface area contributed by atoms with Crippen molar-refractivity contribution in [2.45, 2.75) is 57.2 Å². The summed E-state index contributed by atoms with van der Waals surface area (Å²) in [7, 11) is -1.86. The quantitative estimate of drug-likeness (QED) is 0.876. The lowest BCUT2D eigenvalue weighted by Crippen LogP contribution is -2.42. The maximum absolute atomic E-state index is 12.7. The van der Waals surface area contributed by atoms with Crippen LogP contribution < -0.4 is 5.32 Å². The van der Waals surface area contributed by atoms with Gasteiger partial charge in [-0.3, -0.25) is 0 Å². The molecule has 2 unspecified atom stereocenters. The SMILES string of the molecule is CCNCc1ccc(S(=O)(=O)N(C)C2CCCCC2C)o1. The van der Waals surface area contributed by atoms with E-state index in [9.17, 15) is 8.42 Å². The van der Waals surface area contributed by atoms with Crippen molar-refractivity contribution in [3.63, 3.8) is 0 Å². The first-order chi connectivity index (χ1) is 9.96. The minimum atomic E-state index is -3.54. The highest BCUT2D eigenvalue weighted by atomic mass is 32.2. The maximum atomic E-state index is 12.7. The van der Waals surface area contributed by atoms with Crippen LogP contribution in [0.1, 0.15) is 45.3 Å². The molecule has 0 radical (unpaired) electrons. The van der Waals surface area contributed by atoms with Crippen LogP contribution in [0.5, 0.6) is 0 Å². The van der Waals surface area contributed by atoms with Crippen molar-refractivity contribution >= 4 is 10.0 Å². The summed E-state index contributed by atoms with van der Waals surface area (Å²) in [6.45, 7) is 5.51. The predicted molar refractivity (Wildman–Crippen MR) is 82.5 cm³/mol. The number of sulfonamides is 1. The Morgan fingerprint density at radius 3 is 2.71 bits per heavy atom. The molecule has 5 nitrogen and oxygen atoms in total. The number of nitrogens with one attached hydrogen (secondary N) is 1. The zero-order chi connectivity index (χ0) is 15.5. The van der Waals surface area contributed by atoms with E-state index in [-0.39, 0.29) is 11.1 Å². The van der Waals surface area contributed by atoms with Crippen molar-refractivity contribution in [2.24, 2.45) is 5.92 Å². The fourth-order valence-corrected chi connectivity index (χ4v) is 4.40. The molecule has 1 aliphatic carbocycles. The third-order valence-electron chi connectivity index (χ3n) is 4.35. The molecule has 0 spiro atoms. The summed E-state index contributed by atoms with van der Waals surface area (Å²) in [6, 6.07) is 3.37. The molecule has 0 amide bonds. The van der Waals surface area contributed by atoms with E-state index >= 15 is 0 Å². The average molecular weight is 314 g/mol. The molecule has 1 aromatic heterocycles. The summed E-state index contributed by atoms with van der Waals surface area (Å²) in [4.78, 5) is 0. The Kier molecular flexibility index (Phi) is 5.46. The molecule has 0 aromatic carbocycles. The van der Waals surface area contributed by atoms with Crippen molar-refractivity contribution < 1.29 is 12.8 Å². The summed E-state index contributed by atoms with van der Waals surface area (Å²) in [5.74, 6) is 1.05. The van der Waals surface area contributed by atoms with Gasteiger partial charge in [0.1, 0.15) is 5.76 Å². The molecule has 1 saturated carbocycles. The summed E-state index contributed by atoms with van der Waals surface area (Å²) in [5, 5.41) is 3.18. The molecule has 1 aliphatic rings. The Hall–Kier alpha value is -0.850. The van der Waals surface area contributed by atoms with Gasteiger partial charge in [0.05, 0.1) is 6.54 Å². The van der Waals surface area contributed by atoms with E-state index in [4.69, 9.17) is 4.42 Å². The molecule has 2 atom stereocenters. The van der Waals surface area contributed by atoms with Gasteiger partial charge in [0, 0.05) is 13.1 Å². The van der Waals surface area contributed by atoms with Gasteiger partial charge in [-0.2, -0.15) is 4.31 Å². The first kappa shape index (κ1) is 16.5. The fourth-order valence-electron chi connectivity index (χ4n) is 3.00. The molecule has 1 N–H and O–H groups in total. The molecule has 0 saturated heterocycles. The standard InChI is InChI=1S/C15H26N2O3S/c1-4-16-11-13-9-10-15(20-13)21(18,19)17(3)14-8-6-5-7-12(14)2/h9-10,12,14,16H,4-8,11H2,1-3H3. The second-order valence-electron chi connectivity index (χ2n) is 5.85. The van der Waals surface area contributed by atoms with Gasteiger partial charge < -0.3 is 9.73 Å². The predicted octanol–water partition coefficient (Wildman–Crippen LogP) is 2.59. The van der Waals surface area contributed by atoms with Gasteiger partial charge in [0.25, 0.3) is 10.0 Å². The second kappa shape index (κ2) is 6.94. The Labute approximate surface area is 127 Å². The second-order valence-corrected chi connectivity index (χ2v) is 7.78. The van der Waals surface area contributed by atoms with Gasteiger partial charge in [-0.15, -0.1) is 0 Å². The molecule has 1 fully saturated rings. The van der Waals surface area contributed by atoms with Crippen LogP contribution in [-0.2, 0) is 16.6 Å². The minimum Gasteiger partial charge on any atom is -0.447 e. The number of hydrogen-bond acceptors (Lipinski definition) is 4. The smallest absolute Gasteiger partial charge is 0.276 e. The molecule has 0 bridgehead atoms. The van der Waals surface area contributed by atoms with E-state index in [2.05, 4.69) is 12.2 Å². The first-order valence-corrected chi connectivity index (χ1v) is 9.18. The third-order valence-corrected chi connectivity index (χ3v) is 6.11. The average Bonchev–Trinajstić information content (AvgIpc) is 2.94. The van der Waals surface area contributed by atoms with Crippen LogP contribution in [0.4, 0.5) is 0 Å². The van der Waals surface area contributed by atoms with Crippen molar-refractivity contribution in [3.8, 4) is 0 Å². The lowest BCUT2D eigenvalue weighted by molar-refractivity contribution is 0.210. The number of nitrogens with zero attached hydrogens (tertiary/aromatic N) is 1. The fraction of sp³-hybridized carbons (Fsp3) is 0.733. The molecule has 0 aliphatic heterocycles. The van der Waals surface area contributed by atoms with E-state index in [0.29, 0.717) is 18.2 Å². The van der Waals surface area contributed by atoms with Gasteiger partial charge >= 0.3 is 0 Å². The van der Waals surface area contributed by atoms with Gasteiger partial charge in [-0.25, -0.2) is 8.42 Å². The minimum absolute atomic E-state index is 0.0516. The van der Waals surface area contributed by atoms with Crippen LogP contribution >= 0.6 is 0 Å². The third kappa shape index (κ3) is 3.67. The highest BCUT2D eigenvalue weighted by Crippen LogP contribution is 2.31. The maximum Gasteiger partial charge on any atom is 0.276 e. The molecule has 21 heavy (non-hydrogen) atoms. The van der Waals surface area contributed by atoms with E-state index in [1.165, 1.54) is 10.7 Å². The summed E-state index contributed by atoms with van der Waals surface area (Å²) in [5.41, 5.74) is 0. The van der Waals surface area contributed by atoms with Crippen LogP contribution in [0.25, 0.3) is 0 Å². The van der Waals surface area contributed by atoms with Crippen molar-refractivity contribution in [3.05, 3.63) is 17.9 Å². The topological polar surface area (TPSA) is 62.6 Å². The highest BCUT2D eigenvalue weighted by molar-refractivity contribution is 7.89. The zero-order valence-corrected chi connectivity index (χ0v) is 13.9. The zero-order valence-electron chi connectivity index (χ0n) is 13.1. The van der Waals surface area contributed by atoms with Crippen LogP contribution in [0.15, 0.2) is 21.6 Å². The molecule has 120 valence electrons. The Balaban J connectivity index is 2.14. The van der Waals surface area contributed by atoms with Crippen LogP contribution in [0, 0.1) is 5.92 Å². The van der Waals surface area contributed by atoms with Gasteiger partial charge in [0.2, 0.25) is 5.09 Å². The van der Waals surface area contributed by atoms with Gasteiger partial charge in [0.15, 0.2) is 0 Å². The van der Waals surface area contributed by atoms with Crippen LogP contribution in [-0.4, -0.2) is 32.4 Å². The molecular formula is C15H26N2O3S. The number of rotatable bonds is 6. The van der Waals surface area contributed by atoms with Crippen LogP contribution in [0.2, 0.25) is 0 Å². The molecule has 1 aromatic rings. The van der Waals surface area contributed by atoms with Gasteiger partial charge in [-0.05, 0) is 37.4 Å². The summed E-state index contributed by atoms with van der Waals surface area (Å²) >= 11 is 0. The largest absolute Gasteiger partial charge is 0.447 e. The van der Waals surface area contributed by atoms with Crippen molar-refractivity contribution in [2.75, 3.05) is 13.6 Å². The normalized spacial score (nSPS) is 23.6. The van der Waals surface area contributed by atoms with Gasteiger partial charge in [-0.1, -0.05) is 26.7 Å². The van der Waals surface area contributed by atoms with E-state index in [0.717, 1.165) is 25.8 Å². The van der Waals surface area contributed by atoms with E-state index in [1.807, 2.05) is 6.92 Å². The summed E-state index contributed by atoms with van der Waals surface area (Å²) < 4.78 is 32.4. The molecule has 1 heterocycles. The van der Waals surface area contributed by atoms with Crippen molar-refractivity contribution in [1.29, 1.82) is 0 Å². The van der Waals surface area contributed by atoms with E-state index < -0.39 is 10.0 Å². The Bertz CT molecular complexity index is 553.